The van der Waals surface area contributed by atoms with Crippen LogP contribution >= 0.6 is 0 Å². The summed E-state index contributed by atoms with van der Waals surface area (Å²) < 4.78 is 0. The zero-order valence-electron chi connectivity index (χ0n) is 14.4. The second-order valence-corrected chi connectivity index (χ2v) is 5.94. The predicted octanol–water partition coefficient (Wildman–Crippen LogP) is -6.89. The fourth-order valence-corrected chi connectivity index (χ4v) is 1.98. The number of hydrogen-bond donors (Lipinski definition) is 11. The van der Waals surface area contributed by atoms with Gasteiger partial charge in [0.25, 0.3) is 5.91 Å². The number of urea groups is 1. The SMILES string of the molecule is NC(=O)NC[C@H](NC(=O)[C@@H](O)[C@H](O)[C@H](N)[C@@H](O)C[C@@H](O)[C@H](N)CO)C(N)=O. The highest BCUT2D eigenvalue weighted by molar-refractivity contribution is 5.89. The number of amides is 4. The van der Waals surface area contributed by atoms with Gasteiger partial charge in [0.05, 0.1) is 30.9 Å². The molecule has 0 saturated heterocycles. The third-order valence-electron chi connectivity index (χ3n) is 3.76. The van der Waals surface area contributed by atoms with E-state index in [-0.39, 0.29) is 0 Å². The van der Waals surface area contributed by atoms with E-state index in [9.17, 15) is 34.8 Å². The molecule has 0 aliphatic rings. The topological polar surface area (TPSA) is 280 Å². The van der Waals surface area contributed by atoms with Gasteiger partial charge >= 0.3 is 6.03 Å². The molecule has 27 heavy (non-hydrogen) atoms. The zero-order valence-corrected chi connectivity index (χ0v) is 14.4. The molecule has 4 amide bonds. The van der Waals surface area contributed by atoms with Crippen LogP contribution in [0.3, 0.4) is 0 Å². The van der Waals surface area contributed by atoms with Crippen molar-refractivity contribution >= 4 is 17.8 Å². The lowest BCUT2D eigenvalue weighted by Gasteiger charge is -2.29. The van der Waals surface area contributed by atoms with E-state index >= 15 is 0 Å². The summed E-state index contributed by atoms with van der Waals surface area (Å²) in [6.45, 7) is -1.02. The van der Waals surface area contributed by atoms with Crippen LogP contribution in [0.15, 0.2) is 0 Å². The lowest BCUT2D eigenvalue weighted by molar-refractivity contribution is -0.140. The average Bonchev–Trinajstić information content (AvgIpc) is 2.61. The van der Waals surface area contributed by atoms with Crippen LogP contribution in [0.5, 0.6) is 0 Å². The van der Waals surface area contributed by atoms with Crippen molar-refractivity contribution in [1.29, 1.82) is 0 Å². The monoisotopic (exact) mass is 396 g/mol. The molecule has 0 fully saturated rings. The van der Waals surface area contributed by atoms with Gasteiger partial charge in [-0.1, -0.05) is 0 Å². The van der Waals surface area contributed by atoms with E-state index in [2.05, 4.69) is 0 Å². The fourth-order valence-electron chi connectivity index (χ4n) is 1.98. The average molecular weight is 396 g/mol. The van der Waals surface area contributed by atoms with Crippen molar-refractivity contribution in [3.05, 3.63) is 0 Å². The first kappa shape index (κ1) is 24.9. The van der Waals surface area contributed by atoms with E-state index in [4.69, 9.17) is 28.0 Å². The van der Waals surface area contributed by atoms with Crippen molar-refractivity contribution in [3.63, 3.8) is 0 Å². The van der Waals surface area contributed by atoms with Crippen molar-refractivity contribution in [3.8, 4) is 0 Å². The molecule has 0 spiro atoms. The Hall–Kier alpha value is -2.07. The number of primary amides is 2. The smallest absolute Gasteiger partial charge is 0.312 e. The van der Waals surface area contributed by atoms with Gasteiger partial charge in [0.1, 0.15) is 12.1 Å². The van der Waals surface area contributed by atoms with Gasteiger partial charge in [-0.3, -0.25) is 9.59 Å². The van der Waals surface area contributed by atoms with Crippen LogP contribution in [0.25, 0.3) is 0 Å². The maximum Gasteiger partial charge on any atom is 0.312 e. The summed E-state index contributed by atoms with van der Waals surface area (Å²) in [6, 6.07) is -5.06. The van der Waals surface area contributed by atoms with Crippen LogP contribution in [0, 0.1) is 0 Å². The van der Waals surface area contributed by atoms with Crippen LogP contribution in [0.1, 0.15) is 6.42 Å². The number of carbonyl (C=O) groups is 3. The molecule has 0 aromatic carbocycles. The summed E-state index contributed by atoms with van der Waals surface area (Å²) in [5, 5.41) is 52.2. The zero-order chi connectivity index (χ0) is 21.3. The summed E-state index contributed by atoms with van der Waals surface area (Å²) in [5.41, 5.74) is 20.8. The Morgan fingerprint density at radius 2 is 1.52 bits per heavy atom. The summed E-state index contributed by atoms with van der Waals surface area (Å²) in [5.74, 6) is -2.31. The van der Waals surface area contributed by atoms with Crippen LogP contribution in [0.2, 0.25) is 0 Å². The Balaban J connectivity index is 4.82. The molecule has 0 radical (unpaired) electrons. The molecular weight excluding hydrogens is 368 g/mol. The fraction of sp³-hybridized carbons (Fsp3) is 0.769. The molecule has 0 bridgehead atoms. The van der Waals surface area contributed by atoms with Crippen molar-refractivity contribution in [1.82, 2.24) is 10.6 Å². The molecule has 14 heteroatoms. The minimum atomic E-state index is -2.17. The normalized spacial score (nSPS) is 19.1. The number of rotatable bonds is 12. The van der Waals surface area contributed by atoms with Crippen molar-refractivity contribution in [2.75, 3.05) is 13.2 Å². The summed E-state index contributed by atoms with van der Waals surface area (Å²) in [7, 11) is 0. The van der Waals surface area contributed by atoms with Gasteiger partial charge < -0.3 is 59.1 Å². The second-order valence-electron chi connectivity index (χ2n) is 5.94. The highest BCUT2D eigenvalue weighted by Crippen LogP contribution is 2.10. The lowest BCUT2D eigenvalue weighted by atomic mass is 9.94. The van der Waals surface area contributed by atoms with E-state index in [1.54, 1.807) is 0 Å². The number of hydrogen-bond acceptors (Lipinski definition) is 10. The first-order valence-corrected chi connectivity index (χ1v) is 7.89. The van der Waals surface area contributed by atoms with E-state index < -0.39 is 80.0 Å². The number of aliphatic hydroxyl groups excluding tert-OH is 5. The van der Waals surface area contributed by atoms with Crippen molar-refractivity contribution in [2.45, 2.75) is 49.0 Å². The van der Waals surface area contributed by atoms with Crippen LogP contribution in [-0.2, 0) is 9.59 Å². The highest BCUT2D eigenvalue weighted by atomic mass is 16.3. The predicted molar refractivity (Wildman–Crippen MR) is 90.4 cm³/mol. The van der Waals surface area contributed by atoms with E-state index in [0.29, 0.717) is 0 Å². The molecule has 14 nitrogen and oxygen atoms in total. The third-order valence-corrected chi connectivity index (χ3v) is 3.76. The Bertz CT molecular complexity index is 509. The number of carbonyl (C=O) groups excluding carboxylic acids is 3. The summed E-state index contributed by atoms with van der Waals surface area (Å²) >= 11 is 0. The van der Waals surface area contributed by atoms with Crippen LogP contribution < -0.4 is 33.6 Å². The first-order chi connectivity index (χ1) is 12.4. The van der Waals surface area contributed by atoms with Gasteiger partial charge in [0.15, 0.2) is 6.10 Å². The Kier molecular flexibility index (Phi) is 10.7. The molecule has 0 aromatic rings. The van der Waals surface area contributed by atoms with Crippen LogP contribution in [0.4, 0.5) is 4.79 Å². The molecule has 0 saturated carbocycles. The Morgan fingerprint density at radius 1 is 0.963 bits per heavy atom. The molecule has 0 heterocycles. The number of nitrogens with one attached hydrogen (secondary N) is 2. The molecule has 0 aromatic heterocycles. The van der Waals surface area contributed by atoms with E-state index in [1.807, 2.05) is 10.6 Å². The molecule has 158 valence electrons. The quantitative estimate of drug-likeness (QED) is 0.148. The van der Waals surface area contributed by atoms with Gasteiger partial charge in [-0.25, -0.2) is 4.79 Å². The Morgan fingerprint density at radius 3 is 1.96 bits per heavy atom. The van der Waals surface area contributed by atoms with Crippen LogP contribution in [-0.4, -0.2) is 99.1 Å². The molecule has 0 aliphatic heterocycles. The molecular formula is C13H28N6O8. The molecule has 0 unspecified atom stereocenters. The third kappa shape index (κ3) is 8.44. The first-order valence-electron chi connectivity index (χ1n) is 7.89. The Labute approximate surface area is 154 Å². The maximum absolute atomic E-state index is 11.9. The van der Waals surface area contributed by atoms with Gasteiger partial charge in [-0.2, -0.15) is 0 Å². The molecule has 0 rings (SSSR count). The standard InChI is InChI=1S/C13H28N6O8/c14-4(3-20)6(21)1-7(22)8(15)9(23)10(24)12(26)19-5(11(16)25)2-18-13(17)27/h4-10,20-24H,1-3,14-15H2,(H2,16,25)(H,19,26)(H3,17,18,27)/t4-,5+,6-,7+,8-,9-,10+/m1/s1. The largest absolute Gasteiger partial charge is 0.395 e. The number of aliphatic hydroxyl groups is 5. The molecule has 0 aliphatic carbocycles. The van der Waals surface area contributed by atoms with Crippen molar-refractivity contribution < 1.29 is 39.9 Å². The number of nitrogens with two attached hydrogens (primary N) is 4. The second kappa shape index (κ2) is 11.6. The molecule has 7 atom stereocenters. The minimum absolute atomic E-state index is 0.444. The van der Waals surface area contributed by atoms with Gasteiger partial charge in [0.2, 0.25) is 5.91 Å². The maximum atomic E-state index is 11.9. The van der Waals surface area contributed by atoms with E-state index in [0.717, 1.165) is 0 Å². The molecule has 15 N–H and O–H groups in total. The van der Waals surface area contributed by atoms with E-state index in [1.165, 1.54) is 0 Å². The van der Waals surface area contributed by atoms with Gasteiger partial charge in [-0.15, -0.1) is 0 Å². The van der Waals surface area contributed by atoms with Crippen molar-refractivity contribution in [2.24, 2.45) is 22.9 Å². The summed E-state index contributed by atoms with van der Waals surface area (Å²) in [6.07, 6.45) is -7.54. The summed E-state index contributed by atoms with van der Waals surface area (Å²) in [4.78, 5) is 33.8. The minimum Gasteiger partial charge on any atom is -0.395 e. The lowest BCUT2D eigenvalue weighted by Crippen LogP contribution is -2.59. The highest BCUT2D eigenvalue weighted by Gasteiger charge is 2.35. The van der Waals surface area contributed by atoms with Gasteiger partial charge in [-0.05, 0) is 0 Å². The van der Waals surface area contributed by atoms with Gasteiger partial charge in [0, 0.05) is 13.0 Å².